The van der Waals surface area contributed by atoms with Gasteiger partial charge in [0.15, 0.2) is 5.41 Å². The summed E-state index contributed by atoms with van der Waals surface area (Å²) < 4.78 is 9.71. The normalized spacial score (nSPS) is 14.6. The molecular weight excluding hydrogens is 212 g/mol. The molecule has 0 heterocycles. The van der Waals surface area contributed by atoms with Gasteiger partial charge in [0.1, 0.15) is 0 Å². The molecule has 5 heteroatoms. The molecule has 0 saturated heterocycles. The van der Waals surface area contributed by atoms with Gasteiger partial charge in [-0.1, -0.05) is 13.8 Å². The van der Waals surface area contributed by atoms with Crippen LogP contribution < -0.4 is 0 Å². The molecule has 1 N–H and O–H groups in total. The Labute approximate surface area is 95.7 Å². The second-order valence-electron chi connectivity index (χ2n) is 3.89. The lowest BCUT2D eigenvalue weighted by Crippen LogP contribution is -2.46. The molecule has 0 radical (unpaired) electrons. The molecule has 0 amide bonds. The van der Waals surface area contributed by atoms with Crippen molar-refractivity contribution in [2.45, 2.75) is 27.2 Å². The Kier molecular flexibility index (Phi) is 6.03. The predicted octanol–water partition coefficient (Wildman–Crippen LogP) is 1.31. The minimum atomic E-state index is -1.51. The van der Waals surface area contributed by atoms with Crippen LogP contribution in [0.3, 0.4) is 0 Å². The number of rotatable bonds is 7. The number of esters is 1. The minimum absolute atomic E-state index is 0.120. The molecule has 0 bridgehead atoms. The predicted molar refractivity (Wildman–Crippen MR) is 58.0 cm³/mol. The fourth-order valence-electron chi connectivity index (χ4n) is 1.59. The number of carboxylic acid groups (broad SMARTS) is 1. The van der Waals surface area contributed by atoms with Crippen molar-refractivity contribution >= 4 is 11.9 Å². The van der Waals surface area contributed by atoms with Crippen LogP contribution in [-0.2, 0) is 19.1 Å². The molecule has 0 rings (SSSR count). The zero-order valence-corrected chi connectivity index (χ0v) is 10.3. The van der Waals surface area contributed by atoms with Crippen LogP contribution >= 0.6 is 0 Å². The van der Waals surface area contributed by atoms with E-state index in [1.807, 2.05) is 0 Å². The first kappa shape index (κ1) is 14.9. The summed E-state index contributed by atoms with van der Waals surface area (Å²) in [7, 11) is 1.47. The first-order valence-electron chi connectivity index (χ1n) is 5.33. The number of hydrogen-bond donors (Lipinski definition) is 1. The highest BCUT2D eigenvalue weighted by Crippen LogP contribution is 2.33. The quantitative estimate of drug-likeness (QED) is 0.529. The van der Waals surface area contributed by atoms with E-state index in [4.69, 9.17) is 9.47 Å². The maximum absolute atomic E-state index is 11.8. The molecular formula is C11H20O5. The van der Waals surface area contributed by atoms with Crippen LogP contribution in [0.4, 0.5) is 0 Å². The molecule has 0 aliphatic heterocycles. The van der Waals surface area contributed by atoms with Crippen molar-refractivity contribution in [2.24, 2.45) is 11.3 Å². The lowest BCUT2D eigenvalue weighted by atomic mass is 9.74. The summed E-state index contributed by atoms with van der Waals surface area (Å²) in [6.07, 6.45) is 0.120. The number of carbonyl (C=O) groups is 2. The average molecular weight is 232 g/mol. The van der Waals surface area contributed by atoms with Crippen molar-refractivity contribution in [3.63, 3.8) is 0 Å². The van der Waals surface area contributed by atoms with Crippen LogP contribution in [-0.4, -0.2) is 37.4 Å². The third kappa shape index (κ3) is 2.95. The van der Waals surface area contributed by atoms with Crippen molar-refractivity contribution in [1.29, 1.82) is 0 Å². The number of ether oxygens (including phenoxy) is 2. The highest BCUT2D eigenvalue weighted by Gasteiger charge is 2.50. The molecule has 0 aliphatic rings. The molecule has 16 heavy (non-hydrogen) atoms. The SMILES string of the molecule is CCOC(=O)C(CCOC)(C(=O)O)C(C)C. The van der Waals surface area contributed by atoms with Gasteiger partial charge in [0.2, 0.25) is 0 Å². The number of carboxylic acids is 1. The fourth-order valence-corrected chi connectivity index (χ4v) is 1.59. The monoisotopic (exact) mass is 232 g/mol. The molecule has 0 spiro atoms. The van der Waals surface area contributed by atoms with Crippen molar-refractivity contribution in [3.8, 4) is 0 Å². The van der Waals surface area contributed by atoms with Gasteiger partial charge in [-0.05, 0) is 19.3 Å². The summed E-state index contributed by atoms with van der Waals surface area (Å²) in [4.78, 5) is 23.1. The van der Waals surface area contributed by atoms with Crippen LogP contribution in [0.5, 0.6) is 0 Å². The molecule has 94 valence electrons. The zero-order valence-electron chi connectivity index (χ0n) is 10.3. The first-order chi connectivity index (χ1) is 7.43. The summed E-state index contributed by atoms with van der Waals surface area (Å²) in [5.74, 6) is -2.19. The van der Waals surface area contributed by atoms with E-state index in [1.54, 1.807) is 20.8 Å². The van der Waals surface area contributed by atoms with Gasteiger partial charge >= 0.3 is 11.9 Å². The minimum Gasteiger partial charge on any atom is -0.480 e. The van der Waals surface area contributed by atoms with E-state index in [0.717, 1.165) is 0 Å². The van der Waals surface area contributed by atoms with Crippen molar-refractivity contribution < 1.29 is 24.2 Å². The third-order valence-electron chi connectivity index (χ3n) is 2.71. The maximum atomic E-state index is 11.8. The standard InChI is InChI=1S/C11H20O5/c1-5-16-10(14)11(8(2)3,9(12)13)6-7-15-4/h8H,5-7H2,1-4H3,(H,12,13). The summed E-state index contributed by atoms with van der Waals surface area (Å²) in [5.41, 5.74) is -1.51. The summed E-state index contributed by atoms with van der Waals surface area (Å²) in [5, 5.41) is 9.26. The van der Waals surface area contributed by atoms with Gasteiger partial charge in [-0.3, -0.25) is 9.59 Å². The second kappa shape index (κ2) is 6.48. The topological polar surface area (TPSA) is 72.8 Å². The van der Waals surface area contributed by atoms with E-state index in [0.29, 0.717) is 0 Å². The van der Waals surface area contributed by atoms with E-state index < -0.39 is 17.4 Å². The van der Waals surface area contributed by atoms with Gasteiger partial charge in [0.25, 0.3) is 0 Å². The number of methoxy groups -OCH3 is 1. The van der Waals surface area contributed by atoms with Crippen molar-refractivity contribution in [1.82, 2.24) is 0 Å². The molecule has 1 atom stereocenters. The molecule has 0 saturated carbocycles. The second-order valence-corrected chi connectivity index (χ2v) is 3.89. The lowest BCUT2D eigenvalue weighted by molar-refractivity contribution is -0.174. The molecule has 0 aromatic carbocycles. The van der Waals surface area contributed by atoms with Crippen LogP contribution in [0.25, 0.3) is 0 Å². The highest BCUT2D eigenvalue weighted by atomic mass is 16.5. The molecule has 0 aromatic heterocycles. The number of hydrogen-bond acceptors (Lipinski definition) is 4. The third-order valence-corrected chi connectivity index (χ3v) is 2.71. The van der Waals surface area contributed by atoms with Crippen LogP contribution in [0.1, 0.15) is 27.2 Å². The van der Waals surface area contributed by atoms with Gasteiger partial charge in [-0.2, -0.15) is 0 Å². The smallest absolute Gasteiger partial charge is 0.323 e. The van der Waals surface area contributed by atoms with Crippen molar-refractivity contribution in [3.05, 3.63) is 0 Å². The first-order valence-corrected chi connectivity index (χ1v) is 5.33. The summed E-state index contributed by atoms with van der Waals surface area (Å²) >= 11 is 0. The molecule has 0 aliphatic carbocycles. The van der Waals surface area contributed by atoms with Crippen molar-refractivity contribution in [2.75, 3.05) is 20.3 Å². The van der Waals surface area contributed by atoms with Gasteiger partial charge in [0, 0.05) is 13.7 Å². The van der Waals surface area contributed by atoms with E-state index in [1.165, 1.54) is 7.11 Å². The van der Waals surface area contributed by atoms with E-state index in [9.17, 15) is 14.7 Å². The Balaban J connectivity index is 5.09. The molecule has 1 unspecified atom stereocenters. The fraction of sp³-hybridized carbons (Fsp3) is 0.818. The van der Waals surface area contributed by atoms with Crippen LogP contribution in [0.15, 0.2) is 0 Å². The van der Waals surface area contributed by atoms with Crippen LogP contribution in [0.2, 0.25) is 0 Å². The van der Waals surface area contributed by atoms with Gasteiger partial charge < -0.3 is 14.6 Å². The Bertz CT molecular complexity index is 249. The van der Waals surface area contributed by atoms with Crippen LogP contribution in [0, 0.1) is 11.3 Å². The summed E-state index contributed by atoms with van der Waals surface area (Å²) in [6.45, 7) is 5.43. The number of carbonyl (C=O) groups excluding carboxylic acids is 1. The Morgan fingerprint density at radius 3 is 2.25 bits per heavy atom. The molecule has 5 nitrogen and oxygen atoms in total. The van der Waals surface area contributed by atoms with Gasteiger partial charge in [0.05, 0.1) is 6.61 Å². The Hall–Kier alpha value is -1.10. The number of aliphatic carboxylic acids is 1. The molecule has 0 fully saturated rings. The largest absolute Gasteiger partial charge is 0.480 e. The van der Waals surface area contributed by atoms with Gasteiger partial charge in [-0.15, -0.1) is 0 Å². The van der Waals surface area contributed by atoms with E-state index in [-0.39, 0.29) is 25.6 Å². The van der Waals surface area contributed by atoms with E-state index in [2.05, 4.69) is 0 Å². The lowest BCUT2D eigenvalue weighted by Gasteiger charge is -2.30. The molecule has 0 aromatic rings. The highest BCUT2D eigenvalue weighted by molar-refractivity contribution is 5.99. The zero-order chi connectivity index (χ0) is 12.8. The average Bonchev–Trinajstić information content (AvgIpc) is 2.18. The summed E-state index contributed by atoms with van der Waals surface area (Å²) in [6, 6.07) is 0. The Morgan fingerprint density at radius 2 is 1.94 bits per heavy atom. The van der Waals surface area contributed by atoms with Gasteiger partial charge in [-0.25, -0.2) is 0 Å². The Morgan fingerprint density at radius 1 is 1.38 bits per heavy atom. The maximum Gasteiger partial charge on any atom is 0.323 e. The van der Waals surface area contributed by atoms with E-state index >= 15 is 0 Å².